The number of urea groups is 1. The third-order valence-electron chi connectivity index (χ3n) is 5.32. The van der Waals surface area contributed by atoms with E-state index in [1.54, 1.807) is 0 Å². The number of carbonyl (C=O) groups is 1. The van der Waals surface area contributed by atoms with Gasteiger partial charge in [0.1, 0.15) is 0 Å². The number of unbranched alkanes of at least 4 members (excludes halogenated alkanes) is 1. The molecule has 0 heterocycles. The first-order chi connectivity index (χ1) is 14.9. The molecule has 0 bridgehead atoms. The van der Waals surface area contributed by atoms with Gasteiger partial charge in [0.2, 0.25) is 0 Å². The number of benzene rings is 3. The fraction of sp³-hybridized carbons (Fsp3) is 0.269. The quantitative estimate of drug-likeness (QED) is 0.384. The molecule has 1 N–H and O–H groups in total. The van der Waals surface area contributed by atoms with Gasteiger partial charge in [0.15, 0.2) is 0 Å². The molecule has 0 aliphatic carbocycles. The van der Waals surface area contributed by atoms with Crippen molar-refractivity contribution in [1.29, 1.82) is 0 Å². The van der Waals surface area contributed by atoms with Gasteiger partial charge in [-0.25, -0.2) is 4.79 Å². The second kappa shape index (κ2) is 10.7. The van der Waals surface area contributed by atoms with Crippen LogP contribution in [0, 0.1) is 13.8 Å². The van der Waals surface area contributed by atoms with Gasteiger partial charge in [-0.3, -0.25) is 0 Å². The highest BCUT2D eigenvalue weighted by Gasteiger charge is 2.27. The number of aryl methyl sites for hydroxylation is 2. The fourth-order valence-corrected chi connectivity index (χ4v) is 3.91. The normalized spacial score (nSPS) is 10.9. The van der Waals surface area contributed by atoms with Crippen molar-refractivity contribution < 1.29 is 4.79 Å². The van der Waals surface area contributed by atoms with Gasteiger partial charge in [-0.15, -0.1) is 0 Å². The number of hydrogen-bond acceptors (Lipinski definition) is 1. The largest absolute Gasteiger partial charge is 0.322 e. The molecule has 0 saturated carbocycles. The van der Waals surface area contributed by atoms with Crippen LogP contribution in [0.2, 0.25) is 10.0 Å². The van der Waals surface area contributed by atoms with E-state index in [9.17, 15) is 4.79 Å². The standard InChI is InChI=1S/C26H28Cl2N2O/c1-4-5-16-30(26(31)29-24-15-6-18(2)17-19(24)3)25(20-7-11-22(27)12-8-20)21-9-13-23(28)14-10-21/h6-15,17,25H,4-5,16H2,1-3H3,(H,29,31). The summed E-state index contributed by atoms with van der Waals surface area (Å²) in [6, 6.07) is 21.0. The van der Waals surface area contributed by atoms with E-state index in [1.807, 2.05) is 79.4 Å². The molecule has 3 aromatic rings. The Morgan fingerprint density at radius 3 is 1.94 bits per heavy atom. The molecule has 3 aromatic carbocycles. The molecular formula is C26H28Cl2N2O. The van der Waals surface area contributed by atoms with Gasteiger partial charge in [-0.1, -0.05) is 78.5 Å². The summed E-state index contributed by atoms with van der Waals surface area (Å²) in [6.07, 6.45) is 1.89. The number of anilines is 1. The third-order valence-corrected chi connectivity index (χ3v) is 5.82. The molecule has 3 rings (SSSR count). The van der Waals surface area contributed by atoms with E-state index in [4.69, 9.17) is 23.2 Å². The lowest BCUT2D eigenvalue weighted by Crippen LogP contribution is -2.39. The Bertz CT molecular complexity index is 971. The average molecular weight is 455 g/mol. The molecule has 0 atom stereocenters. The van der Waals surface area contributed by atoms with Crippen LogP contribution in [0.25, 0.3) is 0 Å². The Morgan fingerprint density at radius 2 is 1.45 bits per heavy atom. The Labute approximate surface area is 195 Å². The second-order valence-corrected chi connectivity index (χ2v) is 8.67. The van der Waals surface area contributed by atoms with E-state index in [1.165, 1.54) is 5.56 Å². The lowest BCUT2D eigenvalue weighted by Gasteiger charge is -2.33. The van der Waals surface area contributed by atoms with Gasteiger partial charge < -0.3 is 10.2 Å². The molecule has 0 saturated heterocycles. The monoisotopic (exact) mass is 454 g/mol. The molecule has 0 spiro atoms. The maximum atomic E-state index is 13.5. The molecule has 0 radical (unpaired) electrons. The van der Waals surface area contributed by atoms with Crippen molar-refractivity contribution in [3.63, 3.8) is 0 Å². The van der Waals surface area contributed by atoms with Gasteiger partial charge in [0.05, 0.1) is 6.04 Å². The van der Waals surface area contributed by atoms with Crippen LogP contribution in [0.4, 0.5) is 10.5 Å². The number of nitrogens with zero attached hydrogens (tertiary/aromatic N) is 1. The predicted molar refractivity (Wildman–Crippen MR) is 131 cm³/mol. The summed E-state index contributed by atoms with van der Waals surface area (Å²) in [5.74, 6) is 0. The molecule has 162 valence electrons. The number of amides is 2. The van der Waals surface area contributed by atoms with Crippen molar-refractivity contribution in [2.24, 2.45) is 0 Å². The number of hydrogen-bond donors (Lipinski definition) is 1. The number of carbonyl (C=O) groups excluding carboxylic acids is 1. The van der Waals surface area contributed by atoms with Crippen LogP contribution >= 0.6 is 23.2 Å². The summed E-state index contributed by atoms with van der Waals surface area (Å²) in [4.78, 5) is 15.4. The van der Waals surface area contributed by atoms with Crippen LogP contribution in [-0.4, -0.2) is 17.5 Å². The minimum atomic E-state index is -0.258. The zero-order valence-corrected chi connectivity index (χ0v) is 19.7. The molecule has 5 heteroatoms. The van der Waals surface area contributed by atoms with Crippen molar-refractivity contribution in [3.05, 3.63) is 99.0 Å². The van der Waals surface area contributed by atoms with Crippen molar-refractivity contribution in [2.75, 3.05) is 11.9 Å². The maximum Gasteiger partial charge on any atom is 0.322 e. The molecule has 2 amide bonds. The Hall–Kier alpha value is -2.49. The molecule has 3 nitrogen and oxygen atoms in total. The van der Waals surface area contributed by atoms with Crippen LogP contribution in [0.3, 0.4) is 0 Å². The first-order valence-corrected chi connectivity index (χ1v) is 11.3. The summed E-state index contributed by atoms with van der Waals surface area (Å²) in [5, 5.41) is 4.45. The van der Waals surface area contributed by atoms with Crippen molar-refractivity contribution in [3.8, 4) is 0 Å². The summed E-state index contributed by atoms with van der Waals surface area (Å²) < 4.78 is 0. The highest BCUT2D eigenvalue weighted by Crippen LogP contribution is 2.32. The van der Waals surface area contributed by atoms with Crippen molar-refractivity contribution >= 4 is 34.9 Å². The molecule has 31 heavy (non-hydrogen) atoms. The smallest absolute Gasteiger partial charge is 0.313 e. The fourth-order valence-electron chi connectivity index (χ4n) is 3.66. The number of rotatable bonds is 7. The van der Waals surface area contributed by atoms with Gasteiger partial charge >= 0.3 is 6.03 Å². The van der Waals surface area contributed by atoms with E-state index in [0.717, 1.165) is 35.2 Å². The third kappa shape index (κ3) is 6.03. The summed E-state index contributed by atoms with van der Waals surface area (Å²) in [5.41, 5.74) is 5.03. The van der Waals surface area contributed by atoms with Crippen LogP contribution in [0.5, 0.6) is 0 Å². The van der Waals surface area contributed by atoms with E-state index < -0.39 is 0 Å². The zero-order valence-electron chi connectivity index (χ0n) is 18.2. The lowest BCUT2D eigenvalue weighted by molar-refractivity contribution is 0.197. The van der Waals surface area contributed by atoms with Crippen LogP contribution < -0.4 is 5.32 Å². The van der Waals surface area contributed by atoms with E-state index >= 15 is 0 Å². The average Bonchev–Trinajstić information content (AvgIpc) is 2.75. The minimum absolute atomic E-state index is 0.129. The molecular weight excluding hydrogens is 427 g/mol. The Kier molecular flexibility index (Phi) is 8.00. The Morgan fingerprint density at radius 1 is 0.903 bits per heavy atom. The molecule has 0 aliphatic rings. The van der Waals surface area contributed by atoms with E-state index in [2.05, 4.69) is 18.3 Å². The van der Waals surface area contributed by atoms with E-state index in [-0.39, 0.29) is 12.1 Å². The topological polar surface area (TPSA) is 32.3 Å². The minimum Gasteiger partial charge on any atom is -0.313 e. The number of halogens is 2. The Balaban J connectivity index is 2.01. The van der Waals surface area contributed by atoms with E-state index in [0.29, 0.717) is 16.6 Å². The molecule has 0 aliphatic heterocycles. The highest BCUT2D eigenvalue weighted by molar-refractivity contribution is 6.30. The van der Waals surface area contributed by atoms with Crippen LogP contribution in [-0.2, 0) is 0 Å². The molecule has 0 unspecified atom stereocenters. The van der Waals surface area contributed by atoms with Crippen LogP contribution in [0.15, 0.2) is 66.7 Å². The second-order valence-electron chi connectivity index (χ2n) is 7.80. The van der Waals surface area contributed by atoms with Gasteiger partial charge in [0.25, 0.3) is 0 Å². The summed E-state index contributed by atoms with van der Waals surface area (Å²) in [6.45, 7) is 6.81. The van der Waals surface area contributed by atoms with Gasteiger partial charge in [0, 0.05) is 22.3 Å². The predicted octanol–water partition coefficient (Wildman–Crippen LogP) is 8.03. The summed E-state index contributed by atoms with van der Waals surface area (Å²) >= 11 is 12.3. The zero-order chi connectivity index (χ0) is 22.4. The molecule has 0 aromatic heterocycles. The maximum absolute atomic E-state index is 13.5. The van der Waals surface area contributed by atoms with Gasteiger partial charge in [-0.2, -0.15) is 0 Å². The van der Waals surface area contributed by atoms with Crippen molar-refractivity contribution in [2.45, 2.75) is 39.7 Å². The SMILES string of the molecule is CCCCN(C(=O)Nc1ccc(C)cc1C)C(c1ccc(Cl)cc1)c1ccc(Cl)cc1. The number of nitrogens with one attached hydrogen (secondary N) is 1. The first-order valence-electron chi connectivity index (χ1n) is 10.5. The summed E-state index contributed by atoms with van der Waals surface area (Å²) in [7, 11) is 0. The van der Waals surface area contributed by atoms with Crippen molar-refractivity contribution in [1.82, 2.24) is 4.90 Å². The molecule has 0 fully saturated rings. The van der Waals surface area contributed by atoms with Gasteiger partial charge in [-0.05, 0) is 67.3 Å². The lowest BCUT2D eigenvalue weighted by atomic mass is 9.97. The first kappa shape index (κ1) is 23.2. The van der Waals surface area contributed by atoms with Crippen LogP contribution in [0.1, 0.15) is 48.1 Å². The highest BCUT2D eigenvalue weighted by atomic mass is 35.5.